The van der Waals surface area contributed by atoms with E-state index in [1.807, 2.05) is 66.7 Å². The molecule has 1 atom stereocenters. The summed E-state index contributed by atoms with van der Waals surface area (Å²) in [5.41, 5.74) is 3.23. The van der Waals surface area contributed by atoms with E-state index in [2.05, 4.69) is 12.2 Å². The Bertz CT molecular complexity index is 1320. The second-order valence-electron chi connectivity index (χ2n) is 8.50. The molecule has 1 N–H and O–H groups in total. The molecule has 1 aliphatic heterocycles. The van der Waals surface area contributed by atoms with Crippen molar-refractivity contribution in [3.63, 3.8) is 0 Å². The van der Waals surface area contributed by atoms with Crippen molar-refractivity contribution in [1.29, 1.82) is 5.26 Å². The van der Waals surface area contributed by atoms with E-state index in [1.165, 1.54) is 22.2 Å². The molecule has 0 bridgehead atoms. The maximum atomic E-state index is 13.5. The fourth-order valence-electron chi connectivity index (χ4n) is 4.01. The number of nitrogens with zero attached hydrogens (tertiary/aromatic N) is 2. The number of unbranched alkanes of at least 4 members (excludes halogenated alkanes) is 1. The molecule has 7 heteroatoms. The molecule has 1 heterocycles. The van der Waals surface area contributed by atoms with Crippen LogP contribution in [-0.4, -0.2) is 17.1 Å². The van der Waals surface area contributed by atoms with Crippen LogP contribution in [0.15, 0.2) is 89.5 Å². The number of benzene rings is 3. The number of carbonyl (C=O) groups is 2. The number of amides is 2. The van der Waals surface area contributed by atoms with Crippen LogP contribution in [-0.2, 0) is 22.4 Å². The van der Waals surface area contributed by atoms with E-state index in [9.17, 15) is 14.9 Å². The lowest BCUT2D eigenvalue weighted by Gasteiger charge is -2.18. The number of aryl methyl sites for hydroxylation is 1. The molecule has 0 aromatic heterocycles. The van der Waals surface area contributed by atoms with Crippen LogP contribution in [0.1, 0.15) is 30.9 Å². The molecule has 1 fully saturated rings. The van der Waals surface area contributed by atoms with E-state index < -0.39 is 11.2 Å². The molecule has 0 saturated carbocycles. The van der Waals surface area contributed by atoms with Crippen LogP contribution in [0.4, 0.5) is 11.4 Å². The first-order valence-electron chi connectivity index (χ1n) is 11.8. The molecule has 0 unspecified atom stereocenters. The summed E-state index contributed by atoms with van der Waals surface area (Å²) >= 11 is 7.37. The molecule has 0 radical (unpaired) electrons. The Hall–Kier alpha value is -3.53. The summed E-state index contributed by atoms with van der Waals surface area (Å²) in [6, 6.07) is 26.1. The summed E-state index contributed by atoms with van der Waals surface area (Å²) in [4.78, 5) is 28.2. The van der Waals surface area contributed by atoms with Gasteiger partial charge in [-0.2, -0.15) is 5.26 Å². The van der Waals surface area contributed by atoms with E-state index in [4.69, 9.17) is 11.6 Å². The smallest absolute Gasteiger partial charge is 0.269 e. The summed E-state index contributed by atoms with van der Waals surface area (Å²) in [6.45, 7) is 2.15. The molecule has 2 amide bonds. The van der Waals surface area contributed by atoms with Crippen molar-refractivity contribution < 1.29 is 9.59 Å². The molecule has 1 saturated heterocycles. The van der Waals surface area contributed by atoms with Gasteiger partial charge in [-0.1, -0.05) is 79.2 Å². The van der Waals surface area contributed by atoms with Gasteiger partial charge in [-0.3, -0.25) is 14.5 Å². The van der Waals surface area contributed by atoms with Crippen LogP contribution < -0.4 is 10.2 Å². The highest BCUT2D eigenvalue weighted by Crippen LogP contribution is 2.42. The van der Waals surface area contributed by atoms with Gasteiger partial charge in [0, 0.05) is 16.4 Å². The quantitative estimate of drug-likeness (QED) is 0.266. The molecule has 4 rings (SSSR count). The average Bonchev–Trinajstić information content (AvgIpc) is 3.19. The first-order chi connectivity index (χ1) is 17.5. The van der Waals surface area contributed by atoms with Gasteiger partial charge in [0.15, 0.2) is 0 Å². The van der Waals surface area contributed by atoms with E-state index in [-0.39, 0.29) is 11.5 Å². The molecule has 1 aliphatic rings. The summed E-state index contributed by atoms with van der Waals surface area (Å²) in [7, 11) is 0. The Morgan fingerprint density at radius 1 is 1.06 bits per heavy atom. The largest absolute Gasteiger partial charge is 0.321 e. The predicted octanol–water partition coefficient (Wildman–Crippen LogP) is 6.75. The number of carbonyl (C=O) groups excluding carboxylic acids is 2. The summed E-state index contributed by atoms with van der Waals surface area (Å²) in [6.07, 6.45) is 3.63. The van der Waals surface area contributed by atoms with Gasteiger partial charge in [-0.25, -0.2) is 0 Å². The second-order valence-corrected chi connectivity index (χ2v) is 10.1. The lowest BCUT2D eigenvalue weighted by Crippen LogP contribution is -2.30. The van der Waals surface area contributed by atoms with Crippen molar-refractivity contribution in [2.45, 2.75) is 37.9 Å². The van der Waals surface area contributed by atoms with Crippen LogP contribution in [0.2, 0.25) is 5.02 Å². The van der Waals surface area contributed by atoms with Crippen molar-refractivity contribution in [2.24, 2.45) is 0 Å². The van der Waals surface area contributed by atoms with Gasteiger partial charge in [-0.05, 0) is 66.8 Å². The summed E-state index contributed by atoms with van der Waals surface area (Å²) in [5, 5.41) is 13.3. The predicted molar refractivity (Wildman–Crippen MR) is 147 cm³/mol. The Morgan fingerprint density at radius 2 is 1.81 bits per heavy atom. The molecule has 5 nitrogen and oxygen atoms in total. The van der Waals surface area contributed by atoms with Crippen LogP contribution in [0, 0.1) is 11.3 Å². The lowest BCUT2D eigenvalue weighted by atomic mass is 10.1. The third-order valence-corrected chi connectivity index (χ3v) is 7.36. The number of anilines is 2. The van der Waals surface area contributed by atoms with Crippen LogP contribution >= 0.6 is 23.4 Å². The fourth-order valence-corrected chi connectivity index (χ4v) is 5.53. The number of hydrogen-bond donors (Lipinski definition) is 1. The number of nitrogens with one attached hydrogen (secondary N) is 1. The van der Waals surface area contributed by atoms with Gasteiger partial charge in [-0.15, -0.1) is 0 Å². The SMILES string of the molecule is CCCCc1ccc(NC(=O)/C(C#N)=C2/S[C@@H](Cc3cccc(Cl)c3)C(=O)N2c2ccccc2)cc1. The normalized spacial score (nSPS) is 16.5. The van der Waals surface area contributed by atoms with Crippen LogP contribution in [0.3, 0.4) is 0 Å². The summed E-state index contributed by atoms with van der Waals surface area (Å²) in [5.74, 6) is -0.722. The van der Waals surface area contributed by atoms with Gasteiger partial charge in [0.05, 0.1) is 5.25 Å². The van der Waals surface area contributed by atoms with Crippen LogP contribution in [0.5, 0.6) is 0 Å². The highest BCUT2D eigenvalue weighted by Gasteiger charge is 2.40. The Balaban J connectivity index is 1.63. The highest BCUT2D eigenvalue weighted by atomic mass is 35.5. The van der Waals surface area contributed by atoms with Crippen molar-refractivity contribution in [3.05, 3.63) is 106 Å². The molecular formula is C29H26ClN3O2S. The van der Waals surface area contributed by atoms with Gasteiger partial charge in [0.1, 0.15) is 16.7 Å². The van der Waals surface area contributed by atoms with E-state index >= 15 is 0 Å². The monoisotopic (exact) mass is 515 g/mol. The Kier molecular flexibility index (Phi) is 8.48. The minimum atomic E-state index is -0.543. The first-order valence-corrected chi connectivity index (χ1v) is 13.1. The van der Waals surface area contributed by atoms with Gasteiger partial charge in [0.25, 0.3) is 5.91 Å². The molecule has 36 heavy (non-hydrogen) atoms. The molecule has 0 spiro atoms. The number of thioether (sulfide) groups is 1. The molecule has 3 aromatic rings. The first kappa shape index (κ1) is 25.6. The topological polar surface area (TPSA) is 73.2 Å². The van der Waals surface area contributed by atoms with E-state index in [0.717, 1.165) is 24.8 Å². The standard InChI is InChI=1S/C29H26ClN3O2S/c1-2-3-8-20-13-15-23(16-14-20)32-27(34)25(19-31)29-33(24-11-5-4-6-12-24)28(35)26(36-29)18-21-9-7-10-22(30)17-21/h4-7,9-17,26H,2-3,8,18H2,1H3,(H,32,34)/b29-25+/t26-/m0/s1. The summed E-state index contributed by atoms with van der Waals surface area (Å²) < 4.78 is 0. The van der Waals surface area contributed by atoms with Gasteiger partial charge in [0.2, 0.25) is 5.91 Å². The van der Waals surface area contributed by atoms with Gasteiger partial charge < -0.3 is 5.32 Å². The minimum absolute atomic E-state index is 0.0964. The van der Waals surface area contributed by atoms with E-state index in [0.29, 0.717) is 27.8 Å². The third-order valence-electron chi connectivity index (χ3n) is 5.86. The Morgan fingerprint density at radius 3 is 2.47 bits per heavy atom. The molecule has 182 valence electrons. The molecule has 0 aliphatic carbocycles. The number of hydrogen-bond acceptors (Lipinski definition) is 4. The zero-order valence-electron chi connectivity index (χ0n) is 19.9. The lowest BCUT2D eigenvalue weighted by molar-refractivity contribution is -0.117. The van der Waals surface area contributed by atoms with Crippen molar-refractivity contribution >= 4 is 46.6 Å². The third kappa shape index (κ3) is 5.99. The van der Waals surface area contributed by atoms with Crippen LogP contribution in [0.25, 0.3) is 0 Å². The van der Waals surface area contributed by atoms with Crippen molar-refractivity contribution in [2.75, 3.05) is 10.2 Å². The number of nitriles is 1. The van der Waals surface area contributed by atoms with Crippen molar-refractivity contribution in [1.82, 2.24) is 0 Å². The molecule has 3 aromatic carbocycles. The zero-order valence-corrected chi connectivity index (χ0v) is 21.5. The Labute approximate surface area is 220 Å². The number of halogens is 1. The van der Waals surface area contributed by atoms with E-state index in [1.54, 1.807) is 18.2 Å². The minimum Gasteiger partial charge on any atom is -0.321 e. The zero-order chi connectivity index (χ0) is 25.5. The maximum absolute atomic E-state index is 13.5. The fraction of sp³-hybridized carbons (Fsp3) is 0.207. The maximum Gasteiger partial charge on any atom is 0.269 e. The molecular weight excluding hydrogens is 490 g/mol. The number of para-hydroxylation sites is 1. The number of rotatable bonds is 8. The average molecular weight is 516 g/mol. The second kappa shape index (κ2) is 11.9. The van der Waals surface area contributed by atoms with Gasteiger partial charge >= 0.3 is 0 Å². The van der Waals surface area contributed by atoms with Crippen molar-refractivity contribution in [3.8, 4) is 6.07 Å². The highest BCUT2D eigenvalue weighted by molar-refractivity contribution is 8.05.